The zero-order valence-electron chi connectivity index (χ0n) is 38.7. The fraction of sp³-hybridized carbons (Fsp3) is 0.220. The van der Waals surface area contributed by atoms with Crippen LogP contribution in [0.1, 0.15) is 54.8 Å². The summed E-state index contributed by atoms with van der Waals surface area (Å²) in [6, 6.07) is 22.9. The SMILES string of the molecule is Cc1cc(N)nc(C)c1CNC(=O)c1cnc(C(=O)c2ccc3ncc(Cl)cc3c2)o1.NCC(O)CO.O=C(Cc1ccc2ncc(Cl)cc2c1)NCC(O)CO.O=C(O)Cc1ccc2ncc(Cl)cc2c1. The van der Waals surface area contributed by atoms with Gasteiger partial charge in [-0.05, 0) is 103 Å². The van der Waals surface area contributed by atoms with Crippen molar-refractivity contribution in [2.24, 2.45) is 5.73 Å². The highest BCUT2D eigenvalue weighted by Gasteiger charge is 2.20. The number of aliphatic hydroxyl groups is 4. The number of pyridine rings is 4. The van der Waals surface area contributed by atoms with Gasteiger partial charge in [0.05, 0.1) is 76.1 Å². The molecule has 0 aliphatic carbocycles. The van der Waals surface area contributed by atoms with Crippen molar-refractivity contribution in [1.82, 2.24) is 35.6 Å². The van der Waals surface area contributed by atoms with Crippen molar-refractivity contribution in [1.29, 1.82) is 0 Å². The Labute approximate surface area is 426 Å². The Morgan fingerprint density at radius 2 is 1.21 bits per heavy atom. The minimum absolute atomic E-state index is 0.0163. The van der Waals surface area contributed by atoms with Gasteiger partial charge < -0.3 is 52.1 Å². The average molecular weight is 1040 g/mol. The molecule has 3 aromatic carbocycles. The molecule has 2 atom stereocenters. The van der Waals surface area contributed by atoms with Gasteiger partial charge >= 0.3 is 5.97 Å². The van der Waals surface area contributed by atoms with Gasteiger partial charge in [0.25, 0.3) is 11.8 Å². The minimum Gasteiger partial charge on any atom is -0.481 e. The van der Waals surface area contributed by atoms with Crippen molar-refractivity contribution in [2.75, 3.05) is 32.0 Å². The monoisotopic (exact) mass is 1040 g/mol. The first kappa shape index (κ1) is 55.7. The van der Waals surface area contributed by atoms with Crippen molar-refractivity contribution in [3.8, 4) is 0 Å². The molecule has 8 aromatic rings. The van der Waals surface area contributed by atoms with E-state index in [2.05, 4.69) is 35.6 Å². The Balaban J connectivity index is 0.000000201. The van der Waals surface area contributed by atoms with Gasteiger partial charge in [0.2, 0.25) is 17.5 Å². The van der Waals surface area contributed by atoms with E-state index in [0.29, 0.717) is 37.4 Å². The number of aromatic nitrogens is 5. The number of halogens is 3. The predicted molar refractivity (Wildman–Crippen MR) is 273 cm³/mol. The molecule has 0 aliphatic rings. The topological polar surface area (TPSA) is 323 Å². The molecule has 8 rings (SSSR count). The number of carboxylic acids is 1. The van der Waals surface area contributed by atoms with Crippen LogP contribution in [0.4, 0.5) is 5.82 Å². The standard InChI is InChI=1S/C22H18ClN5O3.C14H15ClN2O3.C11H8ClNO2.C3H9NO2/c1-11-5-19(24)28-12(2)16(11)9-26-21(30)18-10-27-22(31-18)20(29)13-3-4-17-14(6-13)7-15(23)8-25-17;15-11-5-10-3-9(1-2-13(10)16-6-11)4-14(20)17-7-12(19)8-18;12-9-5-8-3-7(4-11(14)15)1-2-10(8)13-6-9;4-1-3(6)2-5/h3-8,10H,9H2,1-2H3,(H2,24,28)(H,26,30);1-3,5-6,12,18-19H,4,7-8H2,(H,17,20);1-3,5-6H,4H2,(H,14,15);3,5-6H,1-2,4H2. The molecule has 2 amide bonds. The first-order valence-corrected chi connectivity index (χ1v) is 22.9. The molecule has 0 bridgehead atoms. The maximum atomic E-state index is 12.7. The number of fused-ring (bicyclic) bond motifs is 3. The third kappa shape index (κ3) is 16.7. The van der Waals surface area contributed by atoms with Gasteiger partial charge in [-0.25, -0.2) is 9.97 Å². The number of carboxylic acid groups (broad SMARTS) is 1. The van der Waals surface area contributed by atoms with E-state index in [0.717, 1.165) is 49.8 Å². The van der Waals surface area contributed by atoms with Gasteiger partial charge in [0.15, 0.2) is 0 Å². The minimum atomic E-state index is -0.932. The summed E-state index contributed by atoms with van der Waals surface area (Å²) in [5.41, 5.74) is 17.4. The molecule has 5 aromatic heterocycles. The Hall–Kier alpha value is -7.20. The number of hydrogen-bond acceptors (Lipinski definition) is 16. The van der Waals surface area contributed by atoms with E-state index in [4.69, 9.17) is 76.2 Å². The summed E-state index contributed by atoms with van der Waals surface area (Å²) in [5, 5.41) is 52.1. The fourth-order valence-electron chi connectivity index (χ4n) is 6.59. The van der Waals surface area contributed by atoms with Crippen LogP contribution >= 0.6 is 34.8 Å². The largest absolute Gasteiger partial charge is 0.481 e. The second kappa shape index (κ2) is 26.9. The number of oxazole rings is 1. The molecule has 11 N–H and O–H groups in total. The van der Waals surface area contributed by atoms with Crippen molar-refractivity contribution in [3.05, 3.63) is 164 Å². The van der Waals surface area contributed by atoms with Crippen LogP contribution in [0.5, 0.6) is 0 Å². The average Bonchev–Trinajstić information content (AvgIpc) is 3.85. The third-order valence-corrected chi connectivity index (χ3v) is 10.8. The quantitative estimate of drug-likeness (QED) is 0.0620. The highest BCUT2D eigenvalue weighted by molar-refractivity contribution is 6.31. The number of nitrogens with two attached hydrogens (primary N) is 2. The molecule has 0 fully saturated rings. The van der Waals surface area contributed by atoms with E-state index in [-0.39, 0.29) is 63.2 Å². The Morgan fingerprint density at radius 1 is 0.681 bits per heavy atom. The molecule has 72 heavy (non-hydrogen) atoms. The van der Waals surface area contributed by atoms with Crippen molar-refractivity contribution < 1.29 is 49.1 Å². The number of aliphatic carboxylic acids is 1. The van der Waals surface area contributed by atoms with Crippen LogP contribution in [0.3, 0.4) is 0 Å². The Bertz CT molecular complexity index is 3170. The van der Waals surface area contributed by atoms with E-state index >= 15 is 0 Å². The molecular weight excluding hydrogens is 993 g/mol. The molecule has 0 spiro atoms. The fourth-order valence-corrected chi connectivity index (χ4v) is 7.08. The van der Waals surface area contributed by atoms with Gasteiger partial charge in [-0.3, -0.25) is 34.1 Å². The lowest BCUT2D eigenvalue weighted by Crippen LogP contribution is -2.34. The second-order valence-corrected chi connectivity index (χ2v) is 17.2. The first-order chi connectivity index (χ1) is 34.3. The van der Waals surface area contributed by atoms with E-state index in [1.807, 2.05) is 32.0 Å². The lowest BCUT2D eigenvalue weighted by molar-refractivity contribution is -0.136. The molecule has 0 saturated heterocycles. The molecule has 0 radical (unpaired) electrons. The number of aryl methyl sites for hydroxylation is 2. The van der Waals surface area contributed by atoms with Gasteiger partial charge in [-0.1, -0.05) is 46.9 Å². The van der Waals surface area contributed by atoms with Gasteiger partial charge in [0, 0.05) is 65.6 Å². The smallest absolute Gasteiger partial charge is 0.307 e. The number of ketones is 1. The number of amides is 2. The summed E-state index contributed by atoms with van der Waals surface area (Å²) in [7, 11) is 0. The summed E-state index contributed by atoms with van der Waals surface area (Å²) < 4.78 is 5.42. The van der Waals surface area contributed by atoms with Crippen LogP contribution in [-0.4, -0.2) is 113 Å². The molecular formula is C50H50Cl3N9O10. The van der Waals surface area contributed by atoms with E-state index in [9.17, 15) is 19.2 Å². The summed E-state index contributed by atoms with van der Waals surface area (Å²) in [6.45, 7) is 3.52. The molecule has 0 saturated carbocycles. The highest BCUT2D eigenvalue weighted by Crippen LogP contribution is 2.22. The zero-order valence-corrected chi connectivity index (χ0v) is 41.0. The van der Waals surface area contributed by atoms with Crippen molar-refractivity contribution >= 4 is 96.9 Å². The van der Waals surface area contributed by atoms with Crippen molar-refractivity contribution in [2.45, 2.75) is 45.4 Å². The lowest BCUT2D eigenvalue weighted by Gasteiger charge is -2.10. The second-order valence-electron chi connectivity index (χ2n) is 15.9. The van der Waals surface area contributed by atoms with Crippen LogP contribution in [0, 0.1) is 13.8 Å². The normalized spacial score (nSPS) is 11.5. The van der Waals surface area contributed by atoms with Crippen LogP contribution in [-0.2, 0) is 29.0 Å². The number of hydrogen-bond donors (Lipinski definition) is 9. The molecule has 0 aliphatic heterocycles. The lowest BCUT2D eigenvalue weighted by atomic mass is 10.1. The number of rotatable bonds is 14. The van der Waals surface area contributed by atoms with Gasteiger partial charge in [0.1, 0.15) is 5.82 Å². The van der Waals surface area contributed by atoms with Crippen LogP contribution in [0.15, 0.2) is 108 Å². The number of aliphatic hydroxyl groups excluding tert-OH is 4. The summed E-state index contributed by atoms with van der Waals surface area (Å²) in [6.07, 6.45) is 4.45. The number of nitrogen functional groups attached to an aromatic ring is 1. The Kier molecular flexibility index (Phi) is 20.8. The zero-order chi connectivity index (χ0) is 52.5. The van der Waals surface area contributed by atoms with E-state index < -0.39 is 29.9 Å². The number of anilines is 1. The number of nitrogens with one attached hydrogen (secondary N) is 2. The third-order valence-electron chi connectivity index (χ3n) is 10.2. The molecule has 376 valence electrons. The Morgan fingerprint density at radius 3 is 1.71 bits per heavy atom. The summed E-state index contributed by atoms with van der Waals surface area (Å²) in [5.74, 6) is -1.81. The number of benzene rings is 3. The van der Waals surface area contributed by atoms with E-state index in [1.54, 1.807) is 73.1 Å². The highest BCUT2D eigenvalue weighted by atomic mass is 35.5. The van der Waals surface area contributed by atoms with Gasteiger partial charge in [-0.15, -0.1) is 0 Å². The first-order valence-electron chi connectivity index (χ1n) is 21.8. The van der Waals surface area contributed by atoms with Crippen LogP contribution < -0.4 is 22.1 Å². The molecule has 5 heterocycles. The van der Waals surface area contributed by atoms with E-state index in [1.165, 1.54) is 12.4 Å². The van der Waals surface area contributed by atoms with Gasteiger partial charge in [-0.2, -0.15) is 0 Å². The maximum Gasteiger partial charge on any atom is 0.307 e. The van der Waals surface area contributed by atoms with Crippen LogP contribution in [0.25, 0.3) is 32.7 Å². The molecule has 22 heteroatoms. The predicted octanol–water partition coefficient (Wildman–Crippen LogP) is 5.34. The van der Waals surface area contributed by atoms with Crippen LogP contribution in [0.2, 0.25) is 15.1 Å². The number of nitrogens with zero attached hydrogens (tertiary/aromatic N) is 5. The number of carbonyl (C=O) groups excluding carboxylic acids is 3. The molecule has 19 nitrogen and oxygen atoms in total. The van der Waals surface area contributed by atoms with Crippen molar-refractivity contribution in [3.63, 3.8) is 0 Å². The maximum absolute atomic E-state index is 12.7. The molecule has 2 unspecified atom stereocenters. The summed E-state index contributed by atoms with van der Waals surface area (Å²) >= 11 is 17.7. The summed E-state index contributed by atoms with van der Waals surface area (Å²) in [4.78, 5) is 68.1. The number of carbonyl (C=O) groups is 4.